The van der Waals surface area contributed by atoms with Crippen LogP contribution in [0.15, 0.2) is 18.2 Å². The highest BCUT2D eigenvalue weighted by molar-refractivity contribution is 5.96. The number of rotatable bonds is 7. The average molecular weight is 346 g/mol. The van der Waals surface area contributed by atoms with E-state index in [0.29, 0.717) is 17.9 Å². The summed E-state index contributed by atoms with van der Waals surface area (Å²) < 4.78 is 0. The number of aliphatic hydroxyl groups is 1. The molecule has 1 unspecified atom stereocenters. The molecule has 0 heterocycles. The smallest absolute Gasteiger partial charge is 0.251 e. The van der Waals surface area contributed by atoms with E-state index in [9.17, 15) is 14.7 Å². The van der Waals surface area contributed by atoms with E-state index in [4.69, 9.17) is 0 Å². The molecule has 0 aromatic heterocycles. The highest BCUT2D eigenvalue weighted by atomic mass is 16.3. The van der Waals surface area contributed by atoms with Gasteiger partial charge in [-0.1, -0.05) is 25.3 Å². The molecule has 5 heteroatoms. The molecule has 0 spiro atoms. The zero-order valence-electron chi connectivity index (χ0n) is 15.3. The van der Waals surface area contributed by atoms with Gasteiger partial charge in [-0.25, -0.2) is 0 Å². The first-order valence-electron chi connectivity index (χ1n) is 9.27. The van der Waals surface area contributed by atoms with Crippen molar-refractivity contribution in [2.75, 3.05) is 13.2 Å². The van der Waals surface area contributed by atoms with Gasteiger partial charge in [0, 0.05) is 18.2 Å². The highest BCUT2D eigenvalue weighted by Gasteiger charge is 2.24. The van der Waals surface area contributed by atoms with E-state index in [1.54, 1.807) is 6.07 Å². The van der Waals surface area contributed by atoms with Gasteiger partial charge in [0.05, 0.1) is 6.54 Å². The van der Waals surface area contributed by atoms with Crippen molar-refractivity contribution >= 4 is 11.8 Å². The molecule has 1 aromatic carbocycles. The number of aliphatic hydroxyl groups excluding tert-OH is 1. The third kappa shape index (κ3) is 5.85. The van der Waals surface area contributed by atoms with Crippen molar-refractivity contribution < 1.29 is 14.7 Å². The molecular weight excluding hydrogens is 316 g/mol. The van der Waals surface area contributed by atoms with E-state index in [0.717, 1.165) is 24.0 Å². The lowest BCUT2D eigenvalue weighted by Crippen LogP contribution is -2.46. The van der Waals surface area contributed by atoms with Crippen molar-refractivity contribution in [3.05, 3.63) is 34.9 Å². The van der Waals surface area contributed by atoms with Crippen molar-refractivity contribution in [3.63, 3.8) is 0 Å². The summed E-state index contributed by atoms with van der Waals surface area (Å²) in [5, 5.41) is 15.0. The fourth-order valence-electron chi connectivity index (χ4n) is 3.50. The summed E-state index contributed by atoms with van der Waals surface area (Å²) in [6.07, 6.45) is 6.39. The minimum atomic E-state index is -0.241. The first-order valence-corrected chi connectivity index (χ1v) is 9.27. The maximum Gasteiger partial charge on any atom is 0.251 e. The van der Waals surface area contributed by atoms with E-state index >= 15 is 0 Å². The largest absolute Gasteiger partial charge is 0.396 e. The molecule has 1 aromatic rings. The number of hydrogen-bond donors (Lipinski definition) is 3. The summed E-state index contributed by atoms with van der Waals surface area (Å²) >= 11 is 0. The van der Waals surface area contributed by atoms with Crippen LogP contribution in [0.3, 0.4) is 0 Å². The van der Waals surface area contributed by atoms with Gasteiger partial charge in [-0.05, 0) is 62.3 Å². The summed E-state index contributed by atoms with van der Waals surface area (Å²) in [5.74, 6) is -0.00358. The van der Waals surface area contributed by atoms with Gasteiger partial charge in [0.2, 0.25) is 5.91 Å². The minimum Gasteiger partial charge on any atom is -0.396 e. The predicted molar refractivity (Wildman–Crippen MR) is 98.5 cm³/mol. The Hall–Kier alpha value is -1.88. The third-order valence-corrected chi connectivity index (χ3v) is 5.18. The molecule has 1 saturated carbocycles. The lowest BCUT2D eigenvalue weighted by atomic mass is 9.82. The molecule has 2 rings (SSSR count). The van der Waals surface area contributed by atoms with E-state index in [2.05, 4.69) is 10.6 Å². The van der Waals surface area contributed by atoms with Crippen LogP contribution in [0, 0.1) is 19.8 Å². The summed E-state index contributed by atoms with van der Waals surface area (Å²) in [4.78, 5) is 24.4. The van der Waals surface area contributed by atoms with Gasteiger partial charge >= 0.3 is 0 Å². The van der Waals surface area contributed by atoms with E-state index < -0.39 is 0 Å². The number of nitrogens with one attached hydrogen (secondary N) is 2. The molecule has 0 aliphatic heterocycles. The second-order valence-corrected chi connectivity index (χ2v) is 7.07. The van der Waals surface area contributed by atoms with Gasteiger partial charge in [-0.2, -0.15) is 0 Å². The molecular formula is C20H30N2O3. The Kier molecular flexibility index (Phi) is 7.44. The molecule has 2 amide bonds. The molecule has 1 aliphatic rings. The van der Waals surface area contributed by atoms with E-state index in [1.165, 1.54) is 19.3 Å². The van der Waals surface area contributed by atoms with E-state index in [-0.39, 0.29) is 31.0 Å². The molecule has 25 heavy (non-hydrogen) atoms. The lowest BCUT2D eigenvalue weighted by Gasteiger charge is -2.30. The van der Waals surface area contributed by atoms with Gasteiger partial charge < -0.3 is 15.7 Å². The zero-order valence-corrected chi connectivity index (χ0v) is 15.3. The number of carbonyl (C=O) groups excluding carboxylic acids is 2. The number of hydrogen-bond acceptors (Lipinski definition) is 3. The average Bonchev–Trinajstić information content (AvgIpc) is 2.62. The van der Waals surface area contributed by atoms with Crippen molar-refractivity contribution in [1.29, 1.82) is 0 Å². The van der Waals surface area contributed by atoms with Crippen LogP contribution in [-0.4, -0.2) is 36.1 Å². The molecule has 3 N–H and O–H groups in total. The predicted octanol–water partition coefficient (Wildman–Crippen LogP) is 2.48. The third-order valence-electron chi connectivity index (χ3n) is 5.18. The van der Waals surface area contributed by atoms with Crippen LogP contribution in [0.1, 0.15) is 60.0 Å². The molecule has 138 valence electrons. The van der Waals surface area contributed by atoms with Crippen LogP contribution < -0.4 is 10.6 Å². The summed E-state index contributed by atoms with van der Waals surface area (Å²) in [6.45, 7) is 3.98. The van der Waals surface area contributed by atoms with Crippen LogP contribution in [0.4, 0.5) is 0 Å². The van der Waals surface area contributed by atoms with Gasteiger partial charge in [-0.3, -0.25) is 9.59 Å². The number of benzene rings is 1. The molecule has 1 fully saturated rings. The molecule has 1 aliphatic carbocycles. The first-order chi connectivity index (χ1) is 12.0. The fourth-order valence-corrected chi connectivity index (χ4v) is 3.50. The van der Waals surface area contributed by atoms with Crippen LogP contribution in [0.2, 0.25) is 0 Å². The maximum absolute atomic E-state index is 12.2. The molecule has 0 radical (unpaired) electrons. The molecule has 0 saturated heterocycles. The van der Waals surface area contributed by atoms with Gasteiger partial charge in [0.15, 0.2) is 0 Å². The Morgan fingerprint density at radius 1 is 1.16 bits per heavy atom. The SMILES string of the molecule is Cc1ccc(C(=O)NCC(=O)NC(CCO)C2CCCCC2)cc1C. The summed E-state index contributed by atoms with van der Waals surface area (Å²) in [7, 11) is 0. The molecule has 5 nitrogen and oxygen atoms in total. The Bertz CT molecular complexity index is 595. The highest BCUT2D eigenvalue weighted by Crippen LogP contribution is 2.27. The van der Waals surface area contributed by atoms with Crippen LogP contribution in [-0.2, 0) is 4.79 Å². The van der Waals surface area contributed by atoms with Crippen molar-refractivity contribution in [2.24, 2.45) is 5.92 Å². The topological polar surface area (TPSA) is 78.4 Å². The number of aryl methyl sites for hydroxylation is 2. The Morgan fingerprint density at radius 3 is 2.52 bits per heavy atom. The Morgan fingerprint density at radius 2 is 1.88 bits per heavy atom. The Labute approximate surface area is 150 Å². The summed E-state index contributed by atoms with van der Waals surface area (Å²) in [6, 6.07) is 5.51. The van der Waals surface area contributed by atoms with Crippen molar-refractivity contribution in [2.45, 2.75) is 58.4 Å². The van der Waals surface area contributed by atoms with Crippen LogP contribution >= 0.6 is 0 Å². The molecule has 0 bridgehead atoms. The second kappa shape index (κ2) is 9.56. The zero-order chi connectivity index (χ0) is 18.2. The summed E-state index contributed by atoms with van der Waals surface area (Å²) in [5.41, 5.74) is 2.75. The van der Waals surface area contributed by atoms with Crippen LogP contribution in [0.5, 0.6) is 0 Å². The first kappa shape index (κ1) is 19.4. The Balaban J connectivity index is 1.85. The number of amides is 2. The van der Waals surface area contributed by atoms with Gasteiger partial charge in [-0.15, -0.1) is 0 Å². The van der Waals surface area contributed by atoms with Crippen molar-refractivity contribution in [1.82, 2.24) is 10.6 Å². The van der Waals surface area contributed by atoms with Crippen molar-refractivity contribution in [3.8, 4) is 0 Å². The van der Waals surface area contributed by atoms with Gasteiger partial charge in [0.25, 0.3) is 5.91 Å². The quantitative estimate of drug-likeness (QED) is 0.710. The second-order valence-electron chi connectivity index (χ2n) is 7.07. The van der Waals surface area contributed by atoms with Crippen LogP contribution in [0.25, 0.3) is 0 Å². The number of carbonyl (C=O) groups is 2. The standard InChI is InChI=1S/C20H30N2O3/c1-14-8-9-17(12-15(14)2)20(25)21-13-19(24)22-18(10-11-23)16-6-4-3-5-7-16/h8-9,12,16,18,23H,3-7,10-11,13H2,1-2H3,(H,21,25)(H,22,24). The monoisotopic (exact) mass is 346 g/mol. The minimum absolute atomic E-state index is 0.00341. The normalized spacial score (nSPS) is 16.3. The molecule has 1 atom stereocenters. The van der Waals surface area contributed by atoms with E-state index in [1.807, 2.05) is 26.0 Å². The van der Waals surface area contributed by atoms with Gasteiger partial charge in [0.1, 0.15) is 0 Å². The fraction of sp³-hybridized carbons (Fsp3) is 0.600. The lowest BCUT2D eigenvalue weighted by molar-refractivity contribution is -0.121. The maximum atomic E-state index is 12.2.